The maximum atomic E-state index is 13.4. The summed E-state index contributed by atoms with van der Waals surface area (Å²) < 4.78 is 13.4. The maximum absolute atomic E-state index is 13.4. The van der Waals surface area contributed by atoms with Crippen LogP contribution < -0.4 is 5.32 Å². The van der Waals surface area contributed by atoms with Gasteiger partial charge in [-0.1, -0.05) is 12.1 Å². The molecule has 1 fully saturated rings. The third-order valence-electron chi connectivity index (χ3n) is 3.81. The minimum absolute atomic E-state index is 0.0716. The molecule has 1 N–H and O–H groups in total. The Balaban J connectivity index is 1.64. The molecular formula is C16H18FN3OS. The summed E-state index contributed by atoms with van der Waals surface area (Å²) in [6.07, 6.45) is 1.97. The zero-order valence-corrected chi connectivity index (χ0v) is 13.2. The Morgan fingerprint density at radius 1 is 1.55 bits per heavy atom. The van der Waals surface area contributed by atoms with E-state index < -0.39 is 0 Å². The number of amides is 1. The summed E-state index contributed by atoms with van der Waals surface area (Å²) in [7, 11) is 0. The molecule has 0 bridgehead atoms. The van der Waals surface area contributed by atoms with Crippen molar-refractivity contribution in [3.8, 4) is 0 Å². The highest BCUT2D eigenvalue weighted by molar-refractivity contribution is 7.13. The minimum atomic E-state index is -0.230. The van der Waals surface area contributed by atoms with Crippen LogP contribution in [0.3, 0.4) is 0 Å². The maximum Gasteiger partial charge on any atom is 0.240 e. The van der Waals surface area contributed by atoms with Crippen LogP contribution in [0.1, 0.15) is 30.1 Å². The molecule has 2 heterocycles. The summed E-state index contributed by atoms with van der Waals surface area (Å²) in [6, 6.07) is 6.76. The van der Waals surface area contributed by atoms with E-state index >= 15 is 0 Å². The summed E-state index contributed by atoms with van der Waals surface area (Å²) in [4.78, 5) is 18.5. The van der Waals surface area contributed by atoms with Crippen LogP contribution >= 0.6 is 11.3 Å². The predicted molar refractivity (Wildman–Crippen MR) is 85.4 cm³/mol. The number of aromatic nitrogens is 1. The number of anilines is 1. The molecule has 0 radical (unpaired) electrons. The molecule has 0 saturated carbocycles. The van der Waals surface area contributed by atoms with Crippen LogP contribution in [-0.2, 0) is 4.79 Å². The number of halogens is 1. The number of thiazole rings is 1. The highest BCUT2D eigenvalue weighted by Crippen LogP contribution is 2.31. The van der Waals surface area contributed by atoms with E-state index in [9.17, 15) is 9.18 Å². The number of nitrogens with one attached hydrogen (secondary N) is 1. The summed E-state index contributed by atoms with van der Waals surface area (Å²) in [6.45, 7) is 3.05. The molecule has 6 heteroatoms. The number of hydrogen-bond donors (Lipinski definition) is 1. The number of aryl methyl sites for hydroxylation is 1. The lowest BCUT2D eigenvalue weighted by molar-refractivity contribution is -0.117. The number of likely N-dealkylation sites (tertiary alicyclic amines) is 1. The zero-order chi connectivity index (χ0) is 15.5. The number of rotatable bonds is 4. The van der Waals surface area contributed by atoms with E-state index in [1.54, 1.807) is 12.1 Å². The molecule has 1 aromatic carbocycles. The highest BCUT2D eigenvalue weighted by Gasteiger charge is 2.27. The van der Waals surface area contributed by atoms with Crippen LogP contribution in [-0.4, -0.2) is 28.9 Å². The van der Waals surface area contributed by atoms with Crippen LogP contribution in [0.25, 0.3) is 0 Å². The van der Waals surface area contributed by atoms with E-state index in [1.165, 1.54) is 17.4 Å². The Kier molecular flexibility index (Phi) is 4.49. The monoisotopic (exact) mass is 319 g/mol. The molecule has 1 unspecified atom stereocenters. The predicted octanol–water partition coefficient (Wildman–Crippen LogP) is 3.37. The van der Waals surface area contributed by atoms with Gasteiger partial charge >= 0.3 is 0 Å². The molecule has 1 aliphatic heterocycles. The molecule has 4 nitrogen and oxygen atoms in total. The first-order valence-corrected chi connectivity index (χ1v) is 8.21. The van der Waals surface area contributed by atoms with Gasteiger partial charge in [-0.05, 0) is 44.0 Å². The van der Waals surface area contributed by atoms with Crippen molar-refractivity contribution in [2.24, 2.45) is 0 Å². The summed E-state index contributed by atoms with van der Waals surface area (Å²) >= 11 is 1.42. The summed E-state index contributed by atoms with van der Waals surface area (Å²) in [5.41, 5.74) is 1.84. The fourth-order valence-corrected chi connectivity index (χ4v) is 3.57. The largest absolute Gasteiger partial charge is 0.301 e. The lowest BCUT2D eigenvalue weighted by atomic mass is 10.0. The van der Waals surface area contributed by atoms with Crippen molar-refractivity contribution >= 4 is 22.4 Å². The van der Waals surface area contributed by atoms with Crippen molar-refractivity contribution in [2.75, 3.05) is 18.4 Å². The SMILES string of the molecule is Cc1csc(NC(=O)CN2CCCC2c2cccc(F)c2)n1. The quantitative estimate of drug-likeness (QED) is 0.940. The fraction of sp³-hybridized carbons (Fsp3) is 0.375. The molecular weight excluding hydrogens is 301 g/mol. The van der Waals surface area contributed by atoms with E-state index in [0.29, 0.717) is 11.7 Å². The fourth-order valence-electron chi connectivity index (χ4n) is 2.86. The summed E-state index contributed by atoms with van der Waals surface area (Å²) in [5, 5.41) is 5.36. The topological polar surface area (TPSA) is 45.2 Å². The molecule has 0 spiro atoms. The average Bonchev–Trinajstić information content (AvgIpc) is 3.08. The number of carbonyl (C=O) groups excluding carboxylic acids is 1. The Morgan fingerprint density at radius 3 is 3.14 bits per heavy atom. The third kappa shape index (κ3) is 3.51. The second-order valence-electron chi connectivity index (χ2n) is 5.53. The van der Waals surface area contributed by atoms with Gasteiger partial charge in [-0.2, -0.15) is 0 Å². The van der Waals surface area contributed by atoms with Gasteiger partial charge in [0.2, 0.25) is 5.91 Å². The van der Waals surface area contributed by atoms with Gasteiger partial charge in [0.1, 0.15) is 5.82 Å². The molecule has 3 rings (SSSR count). The molecule has 116 valence electrons. The Labute approximate surface area is 133 Å². The minimum Gasteiger partial charge on any atom is -0.301 e. The zero-order valence-electron chi connectivity index (χ0n) is 12.4. The Bertz CT molecular complexity index is 673. The van der Waals surface area contributed by atoms with E-state index in [2.05, 4.69) is 15.2 Å². The van der Waals surface area contributed by atoms with E-state index in [0.717, 1.165) is 30.6 Å². The van der Waals surface area contributed by atoms with E-state index in [4.69, 9.17) is 0 Å². The van der Waals surface area contributed by atoms with Crippen LogP contribution in [0.2, 0.25) is 0 Å². The highest BCUT2D eigenvalue weighted by atomic mass is 32.1. The smallest absolute Gasteiger partial charge is 0.240 e. The molecule has 1 saturated heterocycles. The van der Waals surface area contributed by atoms with Crippen LogP contribution in [0.4, 0.5) is 9.52 Å². The van der Waals surface area contributed by atoms with Crippen molar-refractivity contribution in [1.29, 1.82) is 0 Å². The van der Waals surface area contributed by atoms with Crippen molar-refractivity contribution in [1.82, 2.24) is 9.88 Å². The number of hydrogen-bond acceptors (Lipinski definition) is 4. The second kappa shape index (κ2) is 6.54. The first-order chi connectivity index (χ1) is 10.6. The number of nitrogens with zero attached hydrogens (tertiary/aromatic N) is 2. The van der Waals surface area contributed by atoms with Crippen molar-refractivity contribution in [3.63, 3.8) is 0 Å². The van der Waals surface area contributed by atoms with Crippen LogP contribution in [0.15, 0.2) is 29.6 Å². The number of benzene rings is 1. The van der Waals surface area contributed by atoms with Crippen LogP contribution in [0, 0.1) is 12.7 Å². The first-order valence-electron chi connectivity index (χ1n) is 7.33. The molecule has 1 amide bonds. The standard InChI is InChI=1S/C16H18FN3OS/c1-11-10-22-16(18-11)19-15(21)9-20-7-3-6-14(20)12-4-2-5-13(17)8-12/h2,4-5,8,10,14H,3,6-7,9H2,1H3,(H,18,19,21). The van der Waals surface area contributed by atoms with Gasteiger partial charge in [0.25, 0.3) is 0 Å². The molecule has 2 aromatic rings. The normalized spacial score (nSPS) is 18.5. The Morgan fingerprint density at radius 2 is 2.41 bits per heavy atom. The third-order valence-corrected chi connectivity index (χ3v) is 4.68. The van der Waals surface area contributed by atoms with Gasteiger partial charge in [0, 0.05) is 11.4 Å². The van der Waals surface area contributed by atoms with Crippen molar-refractivity contribution in [2.45, 2.75) is 25.8 Å². The average molecular weight is 319 g/mol. The van der Waals surface area contributed by atoms with Gasteiger partial charge in [0.05, 0.1) is 12.2 Å². The first kappa shape index (κ1) is 15.1. The molecule has 1 aliphatic rings. The van der Waals surface area contributed by atoms with E-state index in [1.807, 2.05) is 18.4 Å². The molecule has 22 heavy (non-hydrogen) atoms. The van der Waals surface area contributed by atoms with Gasteiger partial charge in [-0.25, -0.2) is 9.37 Å². The second-order valence-corrected chi connectivity index (χ2v) is 6.38. The van der Waals surface area contributed by atoms with E-state index in [-0.39, 0.29) is 17.8 Å². The van der Waals surface area contributed by atoms with Gasteiger partial charge in [-0.3, -0.25) is 9.69 Å². The lowest BCUT2D eigenvalue weighted by Crippen LogP contribution is -2.32. The number of carbonyl (C=O) groups is 1. The van der Waals surface area contributed by atoms with Crippen molar-refractivity contribution < 1.29 is 9.18 Å². The molecule has 1 aromatic heterocycles. The Hall–Kier alpha value is -1.79. The van der Waals surface area contributed by atoms with Gasteiger partial charge in [-0.15, -0.1) is 11.3 Å². The lowest BCUT2D eigenvalue weighted by Gasteiger charge is -2.24. The summed E-state index contributed by atoms with van der Waals surface area (Å²) in [5.74, 6) is -0.301. The van der Waals surface area contributed by atoms with Gasteiger partial charge in [0.15, 0.2) is 5.13 Å². The van der Waals surface area contributed by atoms with Gasteiger partial charge < -0.3 is 5.32 Å². The van der Waals surface area contributed by atoms with Crippen LogP contribution in [0.5, 0.6) is 0 Å². The van der Waals surface area contributed by atoms with Crippen molar-refractivity contribution in [3.05, 3.63) is 46.7 Å². The molecule has 0 aliphatic carbocycles. The molecule has 1 atom stereocenters.